The van der Waals surface area contributed by atoms with Crippen molar-refractivity contribution in [1.82, 2.24) is 15.2 Å². The van der Waals surface area contributed by atoms with Gasteiger partial charge in [0.15, 0.2) is 0 Å². The number of anilines is 1. The van der Waals surface area contributed by atoms with Gasteiger partial charge in [0.1, 0.15) is 11.9 Å². The summed E-state index contributed by atoms with van der Waals surface area (Å²) in [6, 6.07) is 12.4. The molecular formula is C25H31N5O2. The molecule has 1 aromatic heterocycles. The van der Waals surface area contributed by atoms with E-state index in [1.807, 2.05) is 37.3 Å². The first-order chi connectivity index (χ1) is 15.4. The highest BCUT2D eigenvalue weighted by Crippen LogP contribution is 2.35. The molecule has 2 aliphatic heterocycles. The molecule has 0 saturated carbocycles. The number of ether oxygens (including phenoxy) is 1. The number of amides is 1. The van der Waals surface area contributed by atoms with Crippen molar-refractivity contribution in [2.24, 2.45) is 0 Å². The minimum Gasteiger partial charge on any atom is -0.370 e. The van der Waals surface area contributed by atoms with E-state index in [0.717, 1.165) is 54.4 Å². The molecule has 2 aromatic rings. The number of aryl methyl sites for hydroxylation is 1. The third kappa shape index (κ3) is 4.93. The Hall–Kier alpha value is -2.95. The Morgan fingerprint density at radius 2 is 1.91 bits per heavy atom. The highest BCUT2D eigenvalue weighted by Gasteiger charge is 2.32. The number of rotatable bonds is 5. The van der Waals surface area contributed by atoms with Crippen LogP contribution in [0.2, 0.25) is 0 Å². The molecule has 0 unspecified atom stereocenters. The third-order valence-corrected chi connectivity index (χ3v) is 6.29. The topological polar surface area (TPSA) is 81.5 Å². The van der Waals surface area contributed by atoms with Crippen LogP contribution in [-0.4, -0.2) is 54.1 Å². The summed E-state index contributed by atoms with van der Waals surface area (Å²) >= 11 is 0. The second-order valence-corrected chi connectivity index (χ2v) is 9.22. The lowest BCUT2D eigenvalue weighted by molar-refractivity contribution is -0.122. The number of benzene rings is 1. The zero-order chi connectivity index (χ0) is 22.7. The zero-order valence-electron chi connectivity index (χ0n) is 19.1. The van der Waals surface area contributed by atoms with Crippen molar-refractivity contribution >= 4 is 11.7 Å². The van der Waals surface area contributed by atoms with Crippen LogP contribution in [0.3, 0.4) is 0 Å². The van der Waals surface area contributed by atoms with Gasteiger partial charge in [0, 0.05) is 50.4 Å². The highest BCUT2D eigenvalue weighted by atomic mass is 16.5. The molecule has 1 saturated heterocycles. The van der Waals surface area contributed by atoms with Crippen molar-refractivity contribution in [2.75, 3.05) is 37.6 Å². The van der Waals surface area contributed by atoms with E-state index in [2.05, 4.69) is 35.0 Å². The fourth-order valence-electron chi connectivity index (χ4n) is 4.44. The van der Waals surface area contributed by atoms with E-state index in [-0.39, 0.29) is 11.5 Å². The monoisotopic (exact) mass is 433 g/mol. The Labute approximate surface area is 190 Å². The summed E-state index contributed by atoms with van der Waals surface area (Å²) < 4.78 is 5.95. The van der Waals surface area contributed by atoms with Crippen molar-refractivity contribution in [2.45, 2.75) is 45.9 Å². The molecule has 168 valence electrons. The number of nitrogens with one attached hydrogen (secondary N) is 1. The van der Waals surface area contributed by atoms with Crippen LogP contribution in [0, 0.1) is 18.3 Å². The Balaban J connectivity index is 1.38. The van der Waals surface area contributed by atoms with Crippen LogP contribution in [0.15, 0.2) is 30.3 Å². The summed E-state index contributed by atoms with van der Waals surface area (Å²) in [7, 11) is 0. The third-order valence-electron chi connectivity index (χ3n) is 6.29. The molecule has 4 rings (SSSR count). The Morgan fingerprint density at radius 3 is 2.59 bits per heavy atom. The fourth-order valence-corrected chi connectivity index (χ4v) is 4.44. The number of nitrogens with zero attached hydrogens (tertiary/aromatic N) is 4. The summed E-state index contributed by atoms with van der Waals surface area (Å²) in [6.45, 7) is 10.6. The van der Waals surface area contributed by atoms with Crippen LogP contribution < -0.4 is 10.2 Å². The van der Waals surface area contributed by atoms with Crippen LogP contribution in [0.1, 0.15) is 41.8 Å². The van der Waals surface area contributed by atoms with Gasteiger partial charge < -0.3 is 15.0 Å². The SMILES string of the molecule is Cc1nc(N2CCN(CC(=O)NCc3ccccc3)CC2)c(C#N)c2c1COC(C)(C)C2. The van der Waals surface area contributed by atoms with Gasteiger partial charge >= 0.3 is 0 Å². The van der Waals surface area contributed by atoms with Crippen molar-refractivity contribution in [3.05, 3.63) is 58.3 Å². The van der Waals surface area contributed by atoms with E-state index in [1.54, 1.807) is 0 Å². The molecular weight excluding hydrogens is 402 g/mol. The van der Waals surface area contributed by atoms with Gasteiger partial charge in [-0.3, -0.25) is 9.69 Å². The second kappa shape index (κ2) is 9.27. The first kappa shape index (κ1) is 22.3. The quantitative estimate of drug-likeness (QED) is 0.781. The molecule has 3 heterocycles. The van der Waals surface area contributed by atoms with Crippen LogP contribution in [-0.2, 0) is 29.1 Å². The highest BCUT2D eigenvalue weighted by molar-refractivity contribution is 5.78. The Kier molecular flexibility index (Phi) is 6.45. The van der Waals surface area contributed by atoms with Gasteiger partial charge in [-0.25, -0.2) is 4.98 Å². The van der Waals surface area contributed by atoms with Crippen molar-refractivity contribution in [1.29, 1.82) is 5.26 Å². The predicted molar refractivity (Wildman–Crippen MR) is 123 cm³/mol. The predicted octanol–water partition coefficient (Wildman–Crippen LogP) is 2.55. The van der Waals surface area contributed by atoms with Gasteiger partial charge in [0.05, 0.1) is 24.3 Å². The van der Waals surface area contributed by atoms with Gasteiger partial charge in [-0.2, -0.15) is 5.26 Å². The van der Waals surface area contributed by atoms with Crippen LogP contribution in [0.5, 0.6) is 0 Å². The van der Waals surface area contributed by atoms with Crippen molar-refractivity contribution in [3.8, 4) is 6.07 Å². The number of fused-ring (bicyclic) bond motifs is 1. The number of nitriles is 1. The summed E-state index contributed by atoms with van der Waals surface area (Å²) in [5.41, 5.74) is 4.56. The number of pyridine rings is 1. The maximum absolute atomic E-state index is 12.4. The van der Waals surface area contributed by atoms with Crippen molar-refractivity contribution < 1.29 is 9.53 Å². The molecule has 7 heteroatoms. The maximum atomic E-state index is 12.4. The number of piperazine rings is 1. The van der Waals surface area contributed by atoms with E-state index in [1.165, 1.54) is 0 Å². The average Bonchev–Trinajstić information content (AvgIpc) is 2.78. The first-order valence-corrected chi connectivity index (χ1v) is 11.2. The van der Waals surface area contributed by atoms with Crippen molar-refractivity contribution in [3.63, 3.8) is 0 Å². The molecule has 7 nitrogen and oxygen atoms in total. The molecule has 0 aliphatic carbocycles. The minimum absolute atomic E-state index is 0.0324. The van der Waals surface area contributed by atoms with Gasteiger partial charge in [-0.15, -0.1) is 0 Å². The zero-order valence-corrected chi connectivity index (χ0v) is 19.1. The molecule has 0 atom stereocenters. The normalized spacial score (nSPS) is 18.0. The molecule has 0 spiro atoms. The lowest BCUT2D eigenvalue weighted by Crippen LogP contribution is -2.50. The molecule has 1 N–H and O–H groups in total. The standard InChI is InChI=1S/C25H31N5O2/c1-18-22-17-32-25(2,3)13-20(22)21(14-26)24(28-18)30-11-9-29(10-12-30)16-23(31)27-15-19-7-5-4-6-8-19/h4-8H,9-13,15-17H2,1-3H3,(H,27,31). The molecule has 32 heavy (non-hydrogen) atoms. The maximum Gasteiger partial charge on any atom is 0.234 e. The number of carbonyl (C=O) groups excluding carboxylic acids is 1. The smallest absolute Gasteiger partial charge is 0.234 e. The summed E-state index contributed by atoms with van der Waals surface area (Å²) in [5.74, 6) is 0.805. The Bertz CT molecular complexity index is 1020. The number of aromatic nitrogens is 1. The summed E-state index contributed by atoms with van der Waals surface area (Å²) in [6.07, 6.45) is 0.711. The van der Waals surface area contributed by atoms with Gasteiger partial charge in [-0.1, -0.05) is 30.3 Å². The lowest BCUT2D eigenvalue weighted by atomic mass is 9.88. The van der Waals surface area contributed by atoms with E-state index < -0.39 is 0 Å². The second-order valence-electron chi connectivity index (χ2n) is 9.22. The van der Waals surface area contributed by atoms with E-state index in [0.29, 0.717) is 31.7 Å². The van der Waals surface area contributed by atoms with E-state index in [9.17, 15) is 10.1 Å². The molecule has 1 aromatic carbocycles. The molecule has 0 bridgehead atoms. The molecule has 1 amide bonds. The van der Waals surface area contributed by atoms with Gasteiger partial charge in [0.25, 0.3) is 0 Å². The van der Waals surface area contributed by atoms with Crippen LogP contribution >= 0.6 is 0 Å². The van der Waals surface area contributed by atoms with E-state index >= 15 is 0 Å². The minimum atomic E-state index is -0.282. The number of hydrogen-bond donors (Lipinski definition) is 1. The number of hydrogen-bond acceptors (Lipinski definition) is 6. The Morgan fingerprint density at radius 1 is 1.19 bits per heavy atom. The fraction of sp³-hybridized carbons (Fsp3) is 0.480. The van der Waals surface area contributed by atoms with Crippen LogP contribution in [0.4, 0.5) is 5.82 Å². The largest absolute Gasteiger partial charge is 0.370 e. The average molecular weight is 434 g/mol. The first-order valence-electron chi connectivity index (χ1n) is 11.2. The summed E-state index contributed by atoms with van der Waals surface area (Å²) in [4.78, 5) is 21.5. The number of carbonyl (C=O) groups is 1. The molecule has 1 fully saturated rings. The summed E-state index contributed by atoms with van der Waals surface area (Å²) in [5, 5.41) is 13.0. The van der Waals surface area contributed by atoms with Crippen LogP contribution in [0.25, 0.3) is 0 Å². The van der Waals surface area contributed by atoms with Gasteiger partial charge in [-0.05, 0) is 31.9 Å². The molecule has 2 aliphatic rings. The lowest BCUT2D eigenvalue weighted by Gasteiger charge is -2.37. The van der Waals surface area contributed by atoms with E-state index in [4.69, 9.17) is 9.72 Å². The molecule has 0 radical (unpaired) electrons. The van der Waals surface area contributed by atoms with Gasteiger partial charge in [0.2, 0.25) is 5.91 Å².